The van der Waals surface area contributed by atoms with Crippen LogP contribution in [-0.4, -0.2) is 17.6 Å². The first-order valence-corrected chi connectivity index (χ1v) is 8.46. The van der Waals surface area contributed by atoms with E-state index in [9.17, 15) is 0 Å². The summed E-state index contributed by atoms with van der Waals surface area (Å²) in [7, 11) is 0. The second-order valence-electron chi connectivity index (χ2n) is 6.81. The van der Waals surface area contributed by atoms with E-state index in [1.54, 1.807) is 0 Å². The number of hydrogen-bond acceptors (Lipinski definition) is 2. The number of pyridine rings is 1. The number of nitrogens with zero attached hydrogens (tertiary/aromatic N) is 1. The maximum atomic E-state index is 4.75. The van der Waals surface area contributed by atoms with E-state index in [-0.39, 0.29) is 0 Å². The first-order valence-electron chi connectivity index (χ1n) is 8.46. The summed E-state index contributed by atoms with van der Waals surface area (Å²) in [5, 5.41) is 3.82. The average molecular weight is 272 g/mol. The molecule has 1 N–H and O–H groups in total. The van der Waals surface area contributed by atoms with Crippen molar-refractivity contribution in [2.45, 2.75) is 64.3 Å². The summed E-state index contributed by atoms with van der Waals surface area (Å²) >= 11 is 0. The van der Waals surface area contributed by atoms with Crippen LogP contribution in [0.25, 0.3) is 0 Å². The standard InChI is InChI=1S/C18H28N2/c1-3-19-18(15-10-9-13(2)12-15)16-8-4-6-14-7-5-11-20-17(14)16/h5,7,11,13,15-16,18-19H,3-4,6,8-10,12H2,1-2H3. The van der Waals surface area contributed by atoms with E-state index in [2.05, 4.69) is 31.3 Å². The third kappa shape index (κ3) is 2.76. The van der Waals surface area contributed by atoms with Crippen LogP contribution in [0, 0.1) is 11.8 Å². The van der Waals surface area contributed by atoms with Crippen molar-refractivity contribution in [3.8, 4) is 0 Å². The molecular weight excluding hydrogens is 244 g/mol. The number of aryl methyl sites for hydroxylation is 1. The summed E-state index contributed by atoms with van der Waals surface area (Å²) in [5.74, 6) is 2.39. The molecule has 1 aromatic heterocycles. The molecule has 4 atom stereocenters. The Morgan fingerprint density at radius 1 is 1.35 bits per heavy atom. The van der Waals surface area contributed by atoms with Crippen LogP contribution in [0.4, 0.5) is 0 Å². The Kier molecular flexibility index (Phi) is 4.40. The third-order valence-electron chi connectivity index (χ3n) is 5.36. The normalized spacial score (nSPS) is 31.0. The molecule has 3 rings (SSSR count). The van der Waals surface area contributed by atoms with E-state index < -0.39 is 0 Å². The Morgan fingerprint density at radius 3 is 3.00 bits per heavy atom. The molecule has 1 heterocycles. The van der Waals surface area contributed by atoms with E-state index in [1.165, 1.54) is 49.8 Å². The minimum atomic E-state index is 0.634. The van der Waals surface area contributed by atoms with Crippen LogP contribution in [0.2, 0.25) is 0 Å². The van der Waals surface area contributed by atoms with Crippen LogP contribution in [0.1, 0.15) is 63.1 Å². The Bertz CT molecular complexity index is 443. The van der Waals surface area contributed by atoms with Crippen molar-refractivity contribution in [2.75, 3.05) is 6.54 Å². The Hall–Kier alpha value is -0.890. The fourth-order valence-electron chi connectivity index (χ4n) is 4.45. The molecule has 0 aromatic carbocycles. The van der Waals surface area contributed by atoms with Crippen molar-refractivity contribution in [3.63, 3.8) is 0 Å². The Labute approximate surface area is 123 Å². The summed E-state index contributed by atoms with van der Waals surface area (Å²) in [6.07, 6.45) is 10.1. The van der Waals surface area contributed by atoms with Crippen molar-refractivity contribution in [3.05, 3.63) is 29.6 Å². The molecule has 1 fully saturated rings. The van der Waals surface area contributed by atoms with Gasteiger partial charge < -0.3 is 5.32 Å². The van der Waals surface area contributed by atoms with Gasteiger partial charge in [0.1, 0.15) is 0 Å². The molecule has 0 aliphatic heterocycles. The van der Waals surface area contributed by atoms with Crippen molar-refractivity contribution >= 4 is 0 Å². The maximum absolute atomic E-state index is 4.75. The van der Waals surface area contributed by atoms with Gasteiger partial charge in [-0.05, 0) is 62.1 Å². The van der Waals surface area contributed by atoms with Gasteiger partial charge in [-0.1, -0.05) is 26.3 Å². The summed E-state index contributed by atoms with van der Waals surface area (Å²) in [4.78, 5) is 4.75. The van der Waals surface area contributed by atoms with E-state index in [4.69, 9.17) is 4.98 Å². The maximum Gasteiger partial charge on any atom is 0.0482 e. The first kappa shape index (κ1) is 14.1. The first-order chi connectivity index (χ1) is 9.79. The van der Waals surface area contributed by atoms with Gasteiger partial charge in [-0.3, -0.25) is 4.98 Å². The molecule has 2 aliphatic rings. The van der Waals surface area contributed by atoms with Crippen LogP contribution >= 0.6 is 0 Å². The molecule has 20 heavy (non-hydrogen) atoms. The molecular formula is C18H28N2. The summed E-state index contributed by atoms with van der Waals surface area (Å²) < 4.78 is 0. The largest absolute Gasteiger partial charge is 0.313 e. The summed E-state index contributed by atoms with van der Waals surface area (Å²) in [6.45, 7) is 5.73. The fourth-order valence-corrected chi connectivity index (χ4v) is 4.45. The van der Waals surface area contributed by atoms with Crippen molar-refractivity contribution < 1.29 is 0 Å². The second kappa shape index (κ2) is 6.26. The highest BCUT2D eigenvalue weighted by Gasteiger charge is 2.36. The van der Waals surface area contributed by atoms with Crippen LogP contribution in [-0.2, 0) is 6.42 Å². The Balaban J connectivity index is 1.85. The molecule has 2 heteroatoms. The van der Waals surface area contributed by atoms with Gasteiger partial charge in [-0.2, -0.15) is 0 Å². The number of aromatic nitrogens is 1. The molecule has 4 unspecified atom stereocenters. The molecule has 2 nitrogen and oxygen atoms in total. The minimum Gasteiger partial charge on any atom is -0.313 e. The molecule has 2 aliphatic carbocycles. The quantitative estimate of drug-likeness (QED) is 0.898. The predicted molar refractivity (Wildman–Crippen MR) is 83.9 cm³/mol. The molecule has 0 amide bonds. The zero-order valence-corrected chi connectivity index (χ0v) is 12.9. The summed E-state index contributed by atoms with van der Waals surface area (Å²) in [6, 6.07) is 5.02. The van der Waals surface area contributed by atoms with Crippen LogP contribution in [0.5, 0.6) is 0 Å². The van der Waals surface area contributed by atoms with Gasteiger partial charge in [0.15, 0.2) is 0 Å². The van der Waals surface area contributed by atoms with Gasteiger partial charge in [0.2, 0.25) is 0 Å². The van der Waals surface area contributed by atoms with E-state index in [0.717, 1.165) is 18.4 Å². The molecule has 1 aromatic rings. The molecule has 110 valence electrons. The van der Waals surface area contributed by atoms with Crippen molar-refractivity contribution in [1.82, 2.24) is 10.3 Å². The number of hydrogen-bond donors (Lipinski definition) is 1. The lowest BCUT2D eigenvalue weighted by molar-refractivity contribution is 0.285. The van der Waals surface area contributed by atoms with Gasteiger partial charge in [0, 0.05) is 23.9 Å². The summed E-state index contributed by atoms with van der Waals surface area (Å²) in [5.41, 5.74) is 2.89. The van der Waals surface area contributed by atoms with E-state index in [0.29, 0.717) is 12.0 Å². The highest BCUT2D eigenvalue weighted by molar-refractivity contribution is 5.27. The van der Waals surface area contributed by atoms with Crippen molar-refractivity contribution in [1.29, 1.82) is 0 Å². The predicted octanol–water partition coefficient (Wildman–Crippen LogP) is 3.92. The van der Waals surface area contributed by atoms with Gasteiger partial charge >= 0.3 is 0 Å². The van der Waals surface area contributed by atoms with E-state index in [1.807, 2.05) is 6.20 Å². The van der Waals surface area contributed by atoms with Gasteiger partial charge in [-0.25, -0.2) is 0 Å². The topological polar surface area (TPSA) is 24.9 Å². The fraction of sp³-hybridized carbons (Fsp3) is 0.722. The number of nitrogens with one attached hydrogen (secondary N) is 1. The highest BCUT2D eigenvalue weighted by atomic mass is 14.9. The number of likely N-dealkylation sites (N-methyl/N-ethyl adjacent to an activating group) is 1. The van der Waals surface area contributed by atoms with Crippen LogP contribution in [0.15, 0.2) is 18.3 Å². The smallest absolute Gasteiger partial charge is 0.0482 e. The second-order valence-corrected chi connectivity index (χ2v) is 6.81. The van der Waals surface area contributed by atoms with E-state index >= 15 is 0 Å². The average Bonchev–Trinajstić information content (AvgIpc) is 2.91. The lowest BCUT2D eigenvalue weighted by Crippen LogP contribution is -2.42. The zero-order valence-electron chi connectivity index (χ0n) is 12.9. The molecule has 0 bridgehead atoms. The number of rotatable bonds is 4. The van der Waals surface area contributed by atoms with Crippen molar-refractivity contribution in [2.24, 2.45) is 11.8 Å². The molecule has 0 spiro atoms. The zero-order chi connectivity index (χ0) is 13.9. The number of fused-ring (bicyclic) bond motifs is 1. The lowest BCUT2D eigenvalue weighted by atomic mass is 9.76. The minimum absolute atomic E-state index is 0.634. The van der Waals surface area contributed by atoms with Crippen LogP contribution < -0.4 is 5.32 Å². The molecule has 0 radical (unpaired) electrons. The Morgan fingerprint density at radius 2 is 2.25 bits per heavy atom. The molecule has 1 saturated carbocycles. The highest BCUT2D eigenvalue weighted by Crippen LogP contribution is 2.41. The third-order valence-corrected chi connectivity index (χ3v) is 5.36. The van der Waals surface area contributed by atoms with Gasteiger partial charge in [0.05, 0.1) is 0 Å². The van der Waals surface area contributed by atoms with Gasteiger partial charge in [-0.15, -0.1) is 0 Å². The SMILES string of the molecule is CCNC(C1CCC(C)C1)C1CCCc2cccnc21. The van der Waals surface area contributed by atoms with Gasteiger partial charge in [0.25, 0.3) is 0 Å². The lowest BCUT2D eigenvalue weighted by Gasteiger charge is -2.35. The monoisotopic (exact) mass is 272 g/mol. The van der Waals surface area contributed by atoms with Crippen LogP contribution in [0.3, 0.4) is 0 Å². The molecule has 0 saturated heterocycles.